The molecule has 0 rings (SSSR count). The Labute approximate surface area is 141 Å². The molecule has 0 aromatic rings. The first-order valence-electron chi connectivity index (χ1n) is 6.47. The molecule has 1 nitrogen and oxygen atoms in total. The van der Waals surface area contributed by atoms with Gasteiger partial charge in [-0.05, 0) is 12.8 Å². The summed E-state index contributed by atoms with van der Waals surface area (Å²) in [6, 6.07) is 0. The van der Waals surface area contributed by atoms with Gasteiger partial charge in [-0.3, -0.25) is 0 Å². The summed E-state index contributed by atoms with van der Waals surface area (Å²) in [5.74, 6) is 0. The second kappa shape index (κ2) is 8.65. The lowest BCUT2D eigenvalue weighted by molar-refractivity contribution is -0.346. The van der Waals surface area contributed by atoms with Gasteiger partial charge >= 0.3 is 24.6 Å². The van der Waals surface area contributed by atoms with E-state index in [9.17, 15) is 61.5 Å². The Morgan fingerprint density at radius 2 is 0.778 bits per heavy atom. The monoisotopic (exact) mass is 434 g/mol. The van der Waals surface area contributed by atoms with Gasteiger partial charge in [0, 0.05) is 12.8 Å². The third-order valence-electron chi connectivity index (χ3n) is 2.73. The average molecular weight is 434 g/mol. The molecule has 0 aromatic carbocycles. The van der Waals surface area contributed by atoms with Gasteiger partial charge in [0.1, 0.15) is 0 Å². The highest BCUT2D eigenvalue weighted by Gasteiger charge is 2.52. The van der Waals surface area contributed by atoms with Crippen LogP contribution >= 0.6 is 0 Å². The summed E-state index contributed by atoms with van der Waals surface area (Å²) in [4.78, 5) is 0. The van der Waals surface area contributed by atoms with E-state index in [-0.39, 0.29) is 0 Å². The van der Waals surface area contributed by atoms with E-state index in [0.717, 1.165) is 0 Å². The van der Waals surface area contributed by atoms with Gasteiger partial charge < -0.3 is 0 Å². The lowest BCUT2D eigenvalue weighted by Crippen LogP contribution is -2.37. The van der Waals surface area contributed by atoms with E-state index >= 15 is 0 Å². The molecule has 0 aliphatic heterocycles. The van der Waals surface area contributed by atoms with Crippen LogP contribution in [0.5, 0.6) is 0 Å². The lowest BCUT2D eigenvalue weighted by Gasteiger charge is -2.26. The fourth-order valence-corrected chi connectivity index (χ4v) is 1.52. The van der Waals surface area contributed by atoms with E-state index < -0.39 is 73.6 Å². The van der Waals surface area contributed by atoms with Crippen LogP contribution in [0.1, 0.15) is 25.7 Å². The minimum Gasteiger partial charge on any atom is -0.247 e. The molecule has 160 valence electrons. The minimum absolute atomic E-state index is 2.23. The molecule has 0 spiro atoms. The largest absolute Gasteiger partial charge is 0.389 e. The second-order valence-corrected chi connectivity index (χ2v) is 4.84. The second-order valence-electron chi connectivity index (χ2n) is 4.84. The first-order valence-corrected chi connectivity index (χ1v) is 6.47. The number of alkyl halides is 10. The topological polar surface area (TPSA) is 9.23 Å². The first-order chi connectivity index (χ1) is 11.8. The van der Waals surface area contributed by atoms with Gasteiger partial charge in [0.15, 0.2) is 0 Å². The van der Waals surface area contributed by atoms with E-state index in [1.807, 2.05) is 0 Å². The normalized spacial score (nSPS) is 13.6. The van der Waals surface area contributed by atoms with Crippen molar-refractivity contribution in [3.8, 4) is 0 Å². The van der Waals surface area contributed by atoms with Crippen molar-refractivity contribution in [3.63, 3.8) is 0 Å². The average Bonchev–Trinajstić information content (AvgIpc) is 2.32. The van der Waals surface area contributed by atoms with Gasteiger partial charge in [-0.15, -0.1) is 0 Å². The maximum absolute atomic E-state index is 13.4. The lowest BCUT2D eigenvalue weighted by atomic mass is 10.1. The summed E-state index contributed by atoms with van der Waals surface area (Å²) in [6.45, 7) is 0. The molecule has 0 saturated heterocycles. The Balaban J connectivity index is 5.62. The van der Waals surface area contributed by atoms with Crippen LogP contribution in [-0.2, 0) is 4.74 Å². The zero-order valence-corrected chi connectivity index (χ0v) is 12.5. The molecule has 0 bridgehead atoms. The summed E-state index contributed by atoms with van der Waals surface area (Å²) < 4.78 is 177. The molecule has 0 aromatic heterocycles. The van der Waals surface area contributed by atoms with E-state index in [1.165, 1.54) is 0 Å². The maximum atomic E-state index is 13.4. The Kier molecular flexibility index (Phi) is 8.15. The molecule has 0 atom stereocenters. The third-order valence-corrected chi connectivity index (χ3v) is 2.73. The van der Waals surface area contributed by atoms with Crippen LogP contribution in [0.3, 0.4) is 0 Å². The first kappa shape index (κ1) is 25.5. The third kappa shape index (κ3) is 9.28. The fraction of sp³-hybridized carbons (Fsp3) is 0.667. The zero-order valence-electron chi connectivity index (χ0n) is 12.5. The van der Waals surface area contributed by atoms with Crippen LogP contribution < -0.4 is 0 Å². The predicted octanol–water partition coefficient (Wildman–Crippen LogP) is 7.17. The number of hydrogen-bond donors (Lipinski definition) is 0. The molecule has 0 fully saturated rings. The Hall–Kier alpha value is -1.54. The Bertz CT molecular complexity index is 510. The standard InChI is InChI=1S/C12H8F14O/c13-7(14)5(1-3-9(17,18)19)11(23,24)27-12(25,26)6(8(15)16)2-4-10(20,21)22/h1-4H2. The molecule has 0 N–H and O–H groups in total. The molecular formula is C12H8F14O. The maximum Gasteiger partial charge on any atom is 0.389 e. The summed E-state index contributed by atoms with van der Waals surface area (Å²) in [5, 5.41) is 0. The van der Waals surface area contributed by atoms with E-state index in [0.29, 0.717) is 0 Å². The van der Waals surface area contributed by atoms with Crippen LogP contribution in [0.4, 0.5) is 61.5 Å². The van der Waals surface area contributed by atoms with E-state index in [2.05, 4.69) is 4.74 Å². The van der Waals surface area contributed by atoms with Crippen LogP contribution in [0.2, 0.25) is 0 Å². The molecule has 27 heavy (non-hydrogen) atoms. The van der Waals surface area contributed by atoms with Crippen molar-refractivity contribution >= 4 is 0 Å². The molecule has 0 heterocycles. The molecule has 0 saturated carbocycles. The Morgan fingerprint density at radius 1 is 0.519 bits per heavy atom. The van der Waals surface area contributed by atoms with Crippen LogP contribution in [0.25, 0.3) is 0 Å². The van der Waals surface area contributed by atoms with Crippen molar-refractivity contribution < 1.29 is 66.2 Å². The van der Waals surface area contributed by atoms with Crippen molar-refractivity contribution in [2.24, 2.45) is 0 Å². The van der Waals surface area contributed by atoms with E-state index in [4.69, 9.17) is 0 Å². The van der Waals surface area contributed by atoms with Crippen molar-refractivity contribution in [2.75, 3.05) is 0 Å². The molecule has 0 aliphatic rings. The van der Waals surface area contributed by atoms with Crippen molar-refractivity contribution in [1.29, 1.82) is 0 Å². The SMILES string of the molecule is FC(F)=C(CCC(F)(F)F)C(F)(F)OC(F)(F)C(CCC(F)(F)F)=C(F)F. The highest BCUT2D eigenvalue weighted by atomic mass is 19.4. The molecule has 15 heteroatoms. The summed E-state index contributed by atoms with van der Waals surface area (Å²) in [7, 11) is 0. The highest BCUT2D eigenvalue weighted by molar-refractivity contribution is 5.15. The number of hydrogen-bond acceptors (Lipinski definition) is 1. The quantitative estimate of drug-likeness (QED) is 0.368. The van der Waals surface area contributed by atoms with Crippen LogP contribution in [-0.4, -0.2) is 24.6 Å². The molecule has 0 unspecified atom stereocenters. The van der Waals surface area contributed by atoms with Gasteiger partial charge in [-0.2, -0.15) is 61.5 Å². The summed E-state index contributed by atoms with van der Waals surface area (Å²) in [5.41, 5.74) is -5.76. The summed E-state index contributed by atoms with van der Waals surface area (Å²) >= 11 is 0. The van der Waals surface area contributed by atoms with Gasteiger partial charge in [0.05, 0.1) is 11.1 Å². The minimum atomic E-state index is -5.88. The number of rotatable bonds is 8. The van der Waals surface area contributed by atoms with E-state index in [1.54, 1.807) is 0 Å². The van der Waals surface area contributed by atoms with Gasteiger partial charge in [-0.1, -0.05) is 0 Å². The van der Waals surface area contributed by atoms with Crippen molar-refractivity contribution in [3.05, 3.63) is 23.3 Å². The van der Waals surface area contributed by atoms with Crippen molar-refractivity contribution in [1.82, 2.24) is 0 Å². The molecule has 0 amide bonds. The smallest absolute Gasteiger partial charge is 0.247 e. The van der Waals surface area contributed by atoms with Gasteiger partial charge in [0.25, 0.3) is 12.2 Å². The number of ether oxygens (including phenoxy) is 1. The molecule has 0 aliphatic carbocycles. The van der Waals surface area contributed by atoms with Crippen LogP contribution in [0.15, 0.2) is 23.3 Å². The fourth-order valence-electron chi connectivity index (χ4n) is 1.52. The highest BCUT2D eigenvalue weighted by Crippen LogP contribution is 2.44. The molecule has 0 radical (unpaired) electrons. The van der Waals surface area contributed by atoms with Crippen LogP contribution in [0, 0.1) is 0 Å². The van der Waals surface area contributed by atoms with Gasteiger partial charge in [-0.25, -0.2) is 4.74 Å². The van der Waals surface area contributed by atoms with Crippen molar-refractivity contribution in [2.45, 2.75) is 50.3 Å². The number of halogens is 14. The summed E-state index contributed by atoms with van der Waals surface area (Å²) in [6.07, 6.45) is -38.5. The zero-order chi connectivity index (χ0) is 21.8. The Morgan fingerprint density at radius 3 is 0.963 bits per heavy atom. The van der Waals surface area contributed by atoms with Gasteiger partial charge in [0.2, 0.25) is 0 Å². The molecular weight excluding hydrogens is 426 g/mol. The predicted molar refractivity (Wildman–Crippen MR) is 60.0 cm³/mol.